The summed E-state index contributed by atoms with van der Waals surface area (Å²) in [6, 6.07) is 0.149. The van der Waals surface area contributed by atoms with E-state index in [1.807, 2.05) is 19.4 Å². The lowest BCUT2D eigenvalue weighted by Gasteiger charge is -2.19. The lowest BCUT2D eigenvalue weighted by Crippen LogP contribution is -2.23. The van der Waals surface area contributed by atoms with Crippen molar-refractivity contribution in [1.82, 2.24) is 29.7 Å². The van der Waals surface area contributed by atoms with E-state index in [4.69, 9.17) is 4.74 Å². The van der Waals surface area contributed by atoms with Gasteiger partial charge in [0.2, 0.25) is 0 Å². The molecule has 0 bridgehead atoms. The van der Waals surface area contributed by atoms with E-state index in [-0.39, 0.29) is 12.1 Å². The van der Waals surface area contributed by atoms with Gasteiger partial charge in [-0.25, -0.2) is 15.0 Å². The Morgan fingerprint density at radius 3 is 3.19 bits per heavy atom. The van der Waals surface area contributed by atoms with E-state index in [1.165, 1.54) is 6.33 Å². The maximum Gasteiger partial charge on any atom is 0.182 e. The van der Waals surface area contributed by atoms with E-state index in [0.717, 1.165) is 23.3 Å². The zero-order valence-electron chi connectivity index (χ0n) is 11.5. The van der Waals surface area contributed by atoms with Crippen molar-refractivity contribution in [3.63, 3.8) is 0 Å². The fraction of sp³-hybridized carbons (Fsp3) is 0.385. The van der Waals surface area contributed by atoms with Gasteiger partial charge in [-0.1, -0.05) is 0 Å². The van der Waals surface area contributed by atoms with Gasteiger partial charge in [-0.05, 0) is 6.42 Å². The Hall–Kier alpha value is -2.48. The largest absolute Gasteiger partial charge is 0.371 e. The number of anilines is 1. The second-order valence-electron chi connectivity index (χ2n) is 5.10. The van der Waals surface area contributed by atoms with Gasteiger partial charge < -0.3 is 15.0 Å². The first-order valence-electron chi connectivity index (χ1n) is 6.82. The van der Waals surface area contributed by atoms with Gasteiger partial charge in [0.05, 0.1) is 18.6 Å². The summed E-state index contributed by atoms with van der Waals surface area (Å²) in [6.45, 7) is 0.717. The second-order valence-corrected chi connectivity index (χ2v) is 5.10. The average Bonchev–Trinajstić information content (AvgIpc) is 3.18. The molecule has 1 saturated heterocycles. The highest BCUT2D eigenvalue weighted by Crippen LogP contribution is 2.31. The van der Waals surface area contributed by atoms with Gasteiger partial charge in [0.25, 0.3) is 0 Å². The van der Waals surface area contributed by atoms with Crippen molar-refractivity contribution in [2.45, 2.75) is 18.6 Å². The molecule has 2 N–H and O–H groups in total. The normalized spacial score (nSPS) is 22.0. The summed E-state index contributed by atoms with van der Waals surface area (Å²) < 4.78 is 7.63. The number of nitrogens with one attached hydrogen (secondary N) is 2. The van der Waals surface area contributed by atoms with Crippen molar-refractivity contribution in [3.8, 4) is 0 Å². The van der Waals surface area contributed by atoms with Crippen LogP contribution in [0.4, 0.5) is 5.82 Å². The van der Waals surface area contributed by atoms with Crippen LogP contribution in [0.3, 0.4) is 0 Å². The van der Waals surface area contributed by atoms with Crippen LogP contribution in [0.15, 0.2) is 25.0 Å². The van der Waals surface area contributed by atoms with E-state index in [9.17, 15) is 0 Å². The molecular formula is C13H15N7O. The third-order valence-corrected chi connectivity index (χ3v) is 3.69. The van der Waals surface area contributed by atoms with Gasteiger partial charge in [0.15, 0.2) is 11.5 Å². The first kappa shape index (κ1) is 12.3. The molecule has 3 aromatic heterocycles. The van der Waals surface area contributed by atoms with Gasteiger partial charge in [0.1, 0.15) is 17.9 Å². The highest BCUT2D eigenvalue weighted by atomic mass is 16.5. The predicted octanol–water partition coefficient (Wildman–Crippen LogP) is 1.03. The molecule has 0 saturated carbocycles. The molecule has 108 valence electrons. The van der Waals surface area contributed by atoms with Crippen LogP contribution in [0.2, 0.25) is 0 Å². The highest BCUT2D eigenvalue weighted by Gasteiger charge is 2.31. The number of aromatic nitrogens is 6. The molecule has 21 heavy (non-hydrogen) atoms. The summed E-state index contributed by atoms with van der Waals surface area (Å²) in [5.74, 6) is 0.752. The average molecular weight is 285 g/mol. The number of fused-ring (bicyclic) bond motifs is 1. The highest BCUT2D eigenvalue weighted by molar-refractivity contribution is 5.82. The number of rotatable bonds is 3. The molecule has 8 heteroatoms. The van der Waals surface area contributed by atoms with Crippen molar-refractivity contribution in [2.24, 2.45) is 7.05 Å². The molecule has 0 spiro atoms. The summed E-state index contributed by atoms with van der Waals surface area (Å²) in [4.78, 5) is 15.6. The molecule has 1 fully saturated rings. The molecule has 4 rings (SSSR count). The van der Waals surface area contributed by atoms with Crippen LogP contribution < -0.4 is 5.32 Å². The molecule has 8 nitrogen and oxygen atoms in total. The van der Waals surface area contributed by atoms with E-state index in [0.29, 0.717) is 12.3 Å². The van der Waals surface area contributed by atoms with Crippen molar-refractivity contribution >= 4 is 17.0 Å². The van der Waals surface area contributed by atoms with Gasteiger partial charge in [-0.3, -0.25) is 4.68 Å². The summed E-state index contributed by atoms with van der Waals surface area (Å²) in [5.41, 5.74) is 2.54. The van der Waals surface area contributed by atoms with E-state index in [1.54, 1.807) is 11.0 Å². The first-order chi connectivity index (χ1) is 10.3. The first-order valence-corrected chi connectivity index (χ1v) is 6.82. The lowest BCUT2D eigenvalue weighted by molar-refractivity contribution is 0.107. The molecule has 3 aromatic rings. The van der Waals surface area contributed by atoms with Gasteiger partial charge in [-0.15, -0.1) is 0 Å². The fourth-order valence-corrected chi connectivity index (χ4v) is 2.70. The monoisotopic (exact) mass is 285 g/mol. The summed E-state index contributed by atoms with van der Waals surface area (Å²) in [7, 11) is 1.90. The number of hydrogen-bond acceptors (Lipinski definition) is 6. The minimum atomic E-state index is -0.0216. The zero-order chi connectivity index (χ0) is 14.2. The number of hydrogen-bond donors (Lipinski definition) is 2. The van der Waals surface area contributed by atoms with E-state index in [2.05, 4.69) is 30.4 Å². The van der Waals surface area contributed by atoms with Crippen LogP contribution in [0.25, 0.3) is 11.2 Å². The third-order valence-electron chi connectivity index (χ3n) is 3.69. The molecule has 0 aliphatic carbocycles. The van der Waals surface area contributed by atoms with Crippen molar-refractivity contribution in [3.05, 3.63) is 30.6 Å². The predicted molar refractivity (Wildman–Crippen MR) is 75.6 cm³/mol. The Morgan fingerprint density at radius 2 is 2.33 bits per heavy atom. The smallest absolute Gasteiger partial charge is 0.182 e. The second kappa shape index (κ2) is 4.81. The number of H-pyrrole nitrogens is 1. The molecule has 2 atom stereocenters. The summed E-state index contributed by atoms with van der Waals surface area (Å²) in [6.07, 6.45) is 7.85. The lowest BCUT2D eigenvalue weighted by atomic mass is 10.1. The number of nitrogens with zero attached hydrogens (tertiary/aromatic N) is 5. The van der Waals surface area contributed by atoms with Crippen LogP contribution >= 0.6 is 0 Å². The summed E-state index contributed by atoms with van der Waals surface area (Å²) in [5, 5.41) is 7.65. The fourth-order valence-electron chi connectivity index (χ4n) is 2.70. The molecule has 1 aliphatic heterocycles. The van der Waals surface area contributed by atoms with Crippen molar-refractivity contribution in [2.75, 3.05) is 11.9 Å². The van der Waals surface area contributed by atoms with Gasteiger partial charge >= 0.3 is 0 Å². The number of imidazole rings is 1. The van der Waals surface area contributed by atoms with Crippen LogP contribution in [0, 0.1) is 0 Å². The van der Waals surface area contributed by atoms with Crippen LogP contribution in [-0.4, -0.2) is 42.4 Å². The maximum absolute atomic E-state index is 5.85. The molecule has 1 aliphatic rings. The third kappa shape index (κ3) is 2.13. The van der Waals surface area contributed by atoms with Crippen LogP contribution in [0.5, 0.6) is 0 Å². The Labute approximate surface area is 120 Å². The van der Waals surface area contributed by atoms with E-state index >= 15 is 0 Å². The number of aromatic amines is 1. The Kier molecular flexibility index (Phi) is 2.81. The van der Waals surface area contributed by atoms with Crippen LogP contribution in [0.1, 0.15) is 18.1 Å². The topological polar surface area (TPSA) is 93.5 Å². The molecule has 0 unspecified atom stereocenters. The molecular weight excluding hydrogens is 270 g/mol. The van der Waals surface area contributed by atoms with Crippen molar-refractivity contribution < 1.29 is 4.74 Å². The van der Waals surface area contributed by atoms with Gasteiger partial charge in [0, 0.05) is 25.4 Å². The van der Waals surface area contributed by atoms with Crippen molar-refractivity contribution in [1.29, 1.82) is 0 Å². The standard InChI is InChI=1S/C13H15N7O/c1-20-5-8(4-18-20)11-9(2-3-21-11)19-13-10-12(15-6-14-10)16-7-17-13/h4-7,9,11H,2-3H2,1H3,(H2,14,15,16,17,19)/t9-,11+/m0/s1. The SMILES string of the molecule is Cn1cc([C@H]2OCC[C@@H]2Nc2ncnc3nc[nH]c23)cn1. The Balaban J connectivity index is 1.62. The maximum atomic E-state index is 5.85. The minimum Gasteiger partial charge on any atom is -0.371 e. The Morgan fingerprint density at radius 1 is 1.38 bits per heavy atom. The minimum absolute atomic E-state index is 0.0216. The molecule has 0 aromatic carbocycles. The molecule has 0 radical (unpaired) electrons. The van der Waals surface area contributed by atoms with Crippen LogP contribution in [-0.2, 0) is 11.8 Å². The zero-order valence-corrected chi connectivity index (χ0v) is 11.5. The number of ether oxygens (including phenoxy) is 1. The van der Waals surface area contributed by atoms with E-state index < -0.39 is 0 Å². The van der Waals surface area contributed by atoms with Gasteiger partial charge in [-0.2, -0.15) is 5.10 Å². The Bertz CT molecular complexity index is 765. The molecule has 0 amide bonds. The quantitative estimate of drug-likeness (QED) is 0.746. The summed E-state index contributed by atoms with van der Waals surface area (Å²) >= 11 is 0. The molecule has 4 heterocycles. The number of aryl methyl sites for hydroxylation is 1.